The Morgan fingerprint density at radius 3 is 2.87 bits per heavy atom. The van der Waals surface area contributed by atoms with Crippen LogP contribution >= 0.6 is 0 Å². The normalized spacial score (nSPS) is 13.4. The lowest BCUT2D eigenvalue weighted by Crippen LogP contribution is -2.14. The van der Waals surface area contributed by atoms with Crippen molar-refractivity contribution in [1.29, 1.82) is 0 Å². The molecule has 0 aliphatic heterocycles. The molecule has 0 bridgehead atoms. The number of ether oxygens (including phenoxy) is 1. The summed E-state index contributed by atoms with van der Waals surface area (Å²) in [5, 5.41) is 3.84. The summed E-state index contributed by atoms with van der Waals surface area (Å²) in [6.45, 7) is 1.24. The van der Waals surface area contributed by atoms with E-state index in [1.165, 1.54) is 0 Å². The van der Waals surface area contributed by atoms with Crippen molar-refractivity contribution in [3.63, 3.8) is 0 Å². The van der Waals surface area contributed by atoms with E-state index in [-0.39, 0.29) is 6.04 Å². The smallest absolute Gasteiger partial charge is 0.243 e. The third-order valence-electron chi connectivity index (χ3n) is 1.89. The largest absolute Gasteiger partial charge is 0.385 e. The first-order valence-electron chi connectivity index (χ1n) is 4.85. The van der Waals surface area contributed by atoms with Crippen molar-refractivity contribution in [2.45, 2.75) is 19.0 Å². The predicted octanol–water partition coefficient (Wildman–Crippen LogP) is 0.168. The molecule has 1 aromatic heterocycles. The van der Waals surface area contributed by atoms with Crippen LogP contribution in [0.2, 0.25) is 0 Å². The van der Waals surface area contributed by atoms with E-state index in [4.69, 9.17) is 15.0 Å². The molecule has 0 spiro atoms. The molecular formula is C9H18N4O2. The zero-order valence-corrected chi connectivity index (χ0v) is 9.43. The quantitative estimate of drug-likeness (QED) is 0.727. The van der Waals surface area contributed by atoms with Crippen LogP contribution in [0.5, 0.6) is 0 Å². The van der Waals surface area contributed by atoms with E-state index < -0.39 is 0 Å². The van der Waals surface area contributed by atoms with Crippen LogP contribution in [0, 0.1) is 0 Å². The van der Waals surface area contributed by atoms with Gasteiger partial charge in [0.05, 0.1) is 12.6 Å². The summed E-state index contributed by atoms with van der Waals surface area (Å²) in [4.78, 5) is 6.17. The van der Waals surface area contributed by atoms with E-state index in [0.717, 1.165) is 0 Å². The number of nitrogens with zero attached hydrogens (tertiary/aromatic N) is 3. The van der Waals surface area contributed by atoms with Crippen molar-refractivity contribution in [1.82, 2.24) is 15.0 Å². The first kappa shape index (κ1) is 12.1. The minimum Gasteiger partial charge on any atom is -0.385 e. The highest BCUT2D eigenvalue weighted by molar-refractivity contribution is 4.91. The Morgan fingerprint density at radius 2 is 2.27 bits per heavy atom. The van der Waals surface area contributed by atoms with Gasteiger partial charge in [-0.15, -0.1) is 0 Å². The molecule has 0 amide bonds. The van der Waals surface area contributed by atoms with E-state index in [1.807, 2.05) is 19.0 Å². The van der Waals surface area contributed by atoms with Crippen LogP contribution in [0.25, 0.3) is 0 Å². The average Bonchev–Trinajstić information content (AvgIpc) is 2.61. The average molecular weight is 214 g/mol. The molecule has 0 aliphatic carbocycles. The lowest BCUT2D eigenvalue weighted by atomic mass is 10.2. The van der Waals surface area contributed by atoms with Gasteiger partial charge in [-0.25, -0.2) is 0 Å². The third kappa shape index (κ3) is 3.94. The monoisotopic (exact) mass is 214 g/mol. The van der Waals surface area contributed by atoms with Crippen molar-refractivity contribution >= 4 is 0 Å². The van der Waals surface area contributed by atoms with Gasteiger partial charge in [-0.3, -0.25) is 0 Å². The summed E-state index contributed by atoms with van der Waals surface area (Å²) in [5.74, 6) is 1.13. The minimum atomic E-state index is -0.242. The molecule has 1 rings (SSSR count). The molecule has 0 aliphatic rings. The van der Waals surface area contributed by atoms with E-state index in [1.54, 1.807) is 7.11 Å². The fourth-order valence-corrected chi connectivity index (χ4v) is 1.13. The van der Waals surface area contributed by atoms with Crippen LogP contribution in [0.3, 0.4) is 0 Å². The molecule has 1 unspecified atom stereocenters. The van der Waals surface area contributed by atoms with Crippen molar-refractivity contribution in [2.24, 2.45) is 5.73 Å². The Morgan fingerprint density at radius 1 is 1.53 bits per heavy atom. The van der Waals surface area contributed by atoms with Gasteiger partial charge in [0.25, 0.3) is 0 Å². The maximum Gasteiger partial charge on any atom is 0.243 e. The highest BCUT2D eigenvalue weighted by Crippen LogP contribution is 2.11. The van der Waals surface area contributed by atoms with Gasteiger partial charge in [-0.05, 0) is 20.5 Å². The predicted molar refractivity (Wildman–Crippen MR) is 55.1 cm³/mol. The topological polar surface area (TPSA) is 77.4 Å². The van der Waals surface area contributed by atoms with Gasteiger partial charge in [0.2, 0.25) is 5.89 Å². The molecule has 6 nitrogen and oxygen atoms in total. The highest BCUT2D eigenvalue weighted by atomic mass is 16.5. The first-order valence-corrected chi connectivity index (χ1v) is 4.85. The summed E-state index contributed by atoms with van der Waals surface area (Å²) in [7, 11) is 5.53. The van der Waals surface area contributed by atoms with Crippen LogP contribution in [-0.2, 0) is 11.3 Å². The summed E-state index contributed by atoms with van der Waals surface area (Å²) in [5.41, 5.74) is 5.84. The molecule has 1 aromatic rings. The number of hydrogen-bond acceptors (Lipinski definition) is 6. The van der Waals surface area contributed by atoms with Gasteiger partial charge in [0.15, 0.2) is 5.82 Å². The van der Waals surface area contributed by atoms with Crippen molar-refractivity contribution < 1.29 is 9.26 Å². The summed E-state index contributed by atoms with van der Waals surface area (Å²) >= 11 is 0. The maximum atomic E-state index is 5.84. The number of methoxy groups -OCH3 is 1. The summed E-state index contributed by atoms with van der Waals surface area (Å²) < 4.78 is 9.98. The molecular weight excluding hydrogens is 196 g/mol. The van der Waals surface area contributed by atoms with E-state index in [0.29, 0.717) is 31.3 Å². The summed E-state index contributed by atoms with van der Waals surface area (Å²) in [6, 6.07) is -0.242. The van der Waals surface area contributed by atoms with Crippen LogP contribution in [0.4, 0.5) is 0 Å². The standard InChI is InChI=1S/C9H18N4O2/c1-13(2)6-8-11-9(15-12-8)7(10)4-5-14-3/h7H,4-6,10H2,1-3H3. The molecule has 0 fully saturated rings. The van der Waals surface area contributed by atoms with E-state index >= 15 is 0 Å². The van der Waals surface area contributed by atoms with Crippen LogP contribution in [0.1, 0.15) is 24.2 Å². The zero-order chi connectivity index (χ0) is 11.3. The lowest BCUT2D eigenvalue weighted by Gasteiger charge is -2.05. The second kappa shape index (κ2) is 5.79. The zero-order valence-electron chi connectivity index (χ0n) is 9.43. The number of hydrogen-bond donors (Lipinski definition) is 1. The highest BCUT2D eigenvalue weighted by Gasteiger charge is 2.14. The first-order chi connectivity index (χ1) is 7.13. The Hall–Kier alpha value is -0.980. The van der Waals surface area contributed by atoms with Gasteiger partial charge in [-0.2, -0.15) is 4.98 Å². The van der Waals surface area contributed by atoms with Gasteiger partial charge in [0, 0.05) is 13.7 Å². The molecule has 86 valence electrons. The minimum absolute atomic E-state index is 0.242. The van der Waals surface area contributed by atoms with Gasteiger partial charge in [-0.1, -0.05) is 5.16 Å². The van der Waals surface area contributed by atoms with Crippen molar-refractivity contribution in [2.75, 3.05) is 27.8 Å². The van der Waals surface area contributed by atoms with Gasteiger partial charge in [0.1, 0.15) is 0 Å². The second-order valence-electron chi connectivity index (χ2n) is 3.67. The molecule has 6 heteroatoms. The Labute approximate surface area is 89.4 Å². The maximum absolute atomic E-state index is 5.84. The molecule has 15 heavy (non-hydrogen) atoms. The molecule has 0 aromatic carbocycles. The van der Waals surface area contributed by atoms with Crippen LogP contribution in [0.15, 0.2) is 4.52 Å². The van der Waals surface area contributed by atoms with Crippen molar-refractivity contribution in [3.8, 4) is 0 Å². The lowest BCUT2D eigenvalue weighted by molar-refractivity contribution is 0.182. The van der Waals surface area contributed by atoms with Crippen LogP contribution < -0.4 is 5.73 Å². The molecule has 1 atom stereocenters. The van der Waals surface area contributed by atoms with Gasteiger partial charge < -0.3 is 19.9 Å². The third-order valence-corrected chi connectivity index (χ3v) is 1.89. The van der Waals surface area contributed by atoms with E-state index in [2.05, 4.69) is 10.1 Å². The molecule has 0 saturated heterocycles. The Kier molecular flexibility index (Phi) is 4.67. The fraction of sp³-hybridized carbons (Fsp3) is 0.778. The van der Waals surface area contributed by atoms with Gasteiger partial charge >= 0.3 is 0 Å². The number of rotatable bonds is 6. The second-order valence-corrected chi connectivity index (χ2v) is 3.67. The summed E-state index contributed by atoms with van der Waals surface area (Å²) in [6.07, 6.45) is 0.681. The van der Waals surface area contributed by atoms with E-state index in [9.17, 15) is 0 Å². The van der Waals surface area contributed by atoms with Crippen molar-refractivity contribution in [3.05, 3.63) is 11.7 Å². The molecule has 0 saturated carbocycles. The Balaban J connectivity index is 2.51. The molecule has 2 N–H and O–H groups in total. The Bertz CT molecular complexity index is 287. The molecule has 1 heterocycles. The van der Waals surface area contributed by atoms with Crippen LogP contribution in [-0.4, -0.2) is 42.9 Å². The number of aromatic nitrogens is 2. The fourth-order valence-electron chi connectivity index (χ4n) is 1.13. The number of nitrogens with two attached hydrogens (primary N) is 1. The SMILES string of the molecule is COCCC(N)c1nc(CN(C)C)no1. The molecule has 0 radical (unpaired) electrons.